The molecule has 0 spiro atoms. The first-order valence-corrected chi connectivity index (χ1v) is 7.17. The average Bonchev–Trinajstić information content (AvgIpc) is 2.78. The van der Waals surface area contributed by atoms with Crippen molar-refractivity contribution in [1.29, 1.82) is 0 Å². The first-order valence-electron chi connectivity index (χ1n) is 6.54. The van der Waals surface area contributed by atoms with E-state index in [9.17, 15) is 0 Å². The lowest BCUT2D eigenvalue weighted by atomic mass is 9.88. The third-order valence-electron chi connectivity index (χ3n) is 4.01. The fraction of sp³-hybridized carbons (Fsp3) is 0.600. The Balaban J connectivity index is 2.07. The molecule has 94 valence electrons. The smallest absolute Gasteiger partial charge is 0.0366 e. The molecule has 1 aliphatic carbocycles. The van der Waals surface area contributed by atoms with Crippen LogP contribution in [0.25, 0.3) is 0 Å². The molecule has 0 unspecified atom stereocenters. The lowest BCUT2D eigenvalue weighted by Gasteiger charge is -2.33. The summed E-state index contributed by atoms with van der Waals surface area (Å²) in [6.45, 7) is 3.29. The van der Waals surface area contributed by atoms with Gasteiger partial charge in [0.2, 0.25) is 0 Å². The molecule has 0 N–H and O–H groups in total. The molecule has 1 aromatic rings. The van der Waals surface area contributed by atoms with Gasteiger partial charge in [-0.25, -0.2) is 0 Å². The second kappa shape index (κ2) is 5.34. The summed E-state index contributed by atoms with van der Waals surface area (Å²) in [6, 6.07) is 8.76. The van der Waals surface area contributed by atoms with Crippen molar-refractivity contribution < 1.29 is 0 Å². The molecule has 0 heterocycles. The topological polar surface area (TPSA) is 3.24 Å². The van der Waals surface area contributed by atoms with Crippen molar-refractivity contribution in [3.05, 3.63) is 29.8 Å². The maximum absolute atomic E-state index is 4.58. The zero-order valence-corrected chi connectivity index (χ0v) is 11.8. The highest BCUT2D eigenvalue weighted by atomic mass is 32.1. The third kappa shape index (κ3) is 2.98. The van der Waals surface area contributed by atoms with Gasteiger partial charge in [-0.1, -0.05) is 25.0 Å². The molecule has 1 aliphatic rings. The minimum atomic E-state index is 0.446. The second-order valence-corrected chi connectivity index (χ2v) is 5.88. The van der Waals surface area contributed by atoms with E-state index in [1.165, 1.54) is 36.9 Å². The van der Waals surface area contributed by atoms with Gasteiger partial charge in [0.05, 0.1) is 0 Å². The Bertz CT molecular complexity index is 369. The van der Waals surface area contributed by atoms with Crippen molar-refractivity contribution in [3.8, 4) is 0 Å². The third-order valence-corrected chi connectivity index (χ3v) is 4.69. The quantitative estimate of drug-likeness (QED) is 0.792. The summed E-state index contributed by atoms with van der Waals surface area (Å²) in [5.41, 5.74) is 3.11. The van der Waals surface area contributed by atoms with Crippen LogP contribution < -0.4 is 4.90 Å². The predicted molar refractivity (Wildman–Crippen MR) is 79.2 cm³/mol. The number of nitrogens with zero attached hydrogens (tertiary/aromatic N) is 1. The van der Waals surface area contributed by atoms with Crippen molar-refractivity contribution >= 4 is 18.3 Å². The van der Waals surface area contributed by atoms with Crippen LogP contribution in [-0.2, 0) is 0 Å². The van der Waals surface area contributed by atoms with Crippen LogP contribution in [0.2, 0.25) is 0 Å². The van der Waals surface area contributed by atoms with Gasteiger partial charge in [0.1, 0.15) is 0 Å². The van der Waals surface area contributed by atoms with Gasteiger partial charge in [0.15, 0.2) is 0 Å². The number of thiol groups is 1. The molecule has 17 heavy (non-hydrogen) atoms. The van der Waals surface area contributed by atoms with E-state index in [0.29, 0.717) is 5.41 Å². The van der Waals surface area contributed by atoms with Crippen LogP contribution in [0.5, 0.6) is 0 Å². The van der Waals surface area contributed by atoms with Crippen LogP contribution in [0.3, 0.4) is 0 Å². The SMILES string of the molecule is Cc1cccc(N(C)CC2(CS)CCCC2)c1. The van der Waals surface area contributed by atoms with Gasteiger partial charge in [-0.2, -0.15) is 12.6 Å². The standard InChI is InChI=1S/C15H23NS/c1-13-6-5-7-14(10-13)16(2)11-15(12-17)8-3-4-9-15/h5-7,10,17H,3-4,8-9,11-12H2,1-2H3. The number of hydrogen-bond donors (Lipinski definition) is 1. The Kier molecular flexibility index (Phi) is 4.03. The highest BCUT2D eigenvalue weighted by Crippen LogP contribution is 2.40. The van der Waals surface area contributed by atoms with Crippen LogP contribution >= 0.6 is 12.6 Å². The number of benzene rings is 1. The molecule has 0 atom stereocenters. The zero-order valence-electron chi connectivity index (χ0n) is 10.9. The van der Waals surface area contributed by atoms with E-state index < -0.39 is 0 Å². The Morgan fingerprint density at radius 2 is 2.00 bits per heavy atom. The van der Waals surface area contributed by atoms with Crippen molar-refractivity contribution in [1.82, 2.24) is 0 Å². The van der Waals surface area contributed by atoms with Gasteiger partial charge in [-0.3, -0.25) is 0 Å². The molecule has 2 heteroatoms. The highest BCUT2D eigenvalue weighted by molar-refractivity contribution is 7.80. The van der Waals surface area contributed by atoms with E-state index in [0.717, 1.165) is 12.3 Å². The number of anilines is 1. The van der Waals surface area contributed by atoms with Gasteiger partial charge in [0, 0.05) is 19.3 Å². The molecule has 0 aliphatic heterocycles. The molecule has 0 aromatic heterocycles. The molecular weight excluding hydrogens is 226 g/mol. The van der Waals surface area contributed by atoms with E-state index in [1.807, 2.05) is 0 Å². The van der Waals surface area contributed by atoms with Gasteiger partial charge in [-0.15, -0.1) is 0 Å². The molecule has 1 nitrogen and oxygen atoms in total. The molecule has 2 rings (SSSR count). The Morgan fingerprint density at radius 3 is 2.59 bits per heavy atom. The molecule has 0 bridgehead atoms. The zero-order chi connectivity index (χ0) is 12.3. The Morgan fingerprint density at radius 1 is 1.29 bits per heavy atom. The summed E-state index contributed by atoms with van der Waals surface area (Å²) < 4.78 is 0. The summed E-state index contributed by atoms with van der Waals surface area (Å²) in [7, 11) is 2.21. The maximum atomic E-state index is 4.58. The van der Waals surface area contributed by atoms with E-state index in [2.05, 4.69) is 55.8 Å². The van der Waals surface area contributed by atoms with Crippen LogP contribution in [0.1, 0.15) is 31.2 Å². The molecule has 1 saturated carbocycles. The minimum Gasteiger partial charge on any atom is -0.374 e. The lowest BCUT2D eigenvalue weighted by molar-refractivity contribution is 0.354. The van der Waals surface area contributed by atoms with Gasteiger partial charge in [0.25, 0.3) is 0 Å². The van der Waals surface area contributed by atoms with E-state index in [1.54, 1.807) is 0 Å². The van der Waals surface area contributed by atoms with E-state index in [4.69, 9.17) is 0 Å². The van der Waals surface area contributed by atoms with Gasteiger partial charge >= 0.3 is 0 Å². The van der Waals surface area contributed by atoms with Crippen molar-refractivity contribution in [2.24, 2.45) is 5.41 Å². The average molecular weight is 249 g/mol. The first kappa shape index (κ1) is 12.8. The van der Waals surface area contributed by atoms with E-state index >= 15 is 0 Å². The normalized spacial score (nSPS) is 18.3. The molecule has 0 amide bonds. The summed E-state index contributed by atoms with van der Waals surface area (Å²) in [4.78, 5) is 2.40. The second-order valence-electron chi connectivity index (χ2n) is 5.56. The van der Waals surface area contributed by atoms with Crippen LogP contribution in [0.4, 0.5) is 5.69 Å². The minimum absolute atomic E-state index is 0.446. The van der Waals surface area contributed by atoms with Gasteiger partial charge in [-0.05, 0) is 48.6 Å². The van der Waals surface area contributed by atoms with E-state index in [-0.39, 0.29) is 0 Å². The van der Waals surface area contributed by atoms with Crippen molar-refractivity contribution in [3.63, 3.8) is 0 Å². The number of aryl methyl sites for hydroxylation is 1. The maximum Gasteiger partial charge on any atom is 0.0366 e. The molecule has 1 aromatic carbocycles. The summed E-state index contributed by atoms with van der Waals surface area (Å²) in [5.74, 6) is 1.02. The molecule has 0 saturated heterocycles. The first-order chi connectivity index (χ1) is 8.15. The van der Waals surface area contributed by atoms with Crippen LogP contribution in [0, 0.1) is 12.3 Å². The van der Waals surface area contributed by atoms with Crippen molar-refractivity contribution in [2.45, 2.75) is 32.6 Å². The monoisotopic (exact) mass is 249 g/mol. The summed E-state index contributed by atoms with van der Waals surface area (Å²) in [5, 5.41) is 0. The molecule has 1 fully saturated rings. The Hall–Kier alpha value is -0.630. The fourth-order valence-corrected chi connectivity index (χ4v) is 3.37. The summed E-state index contributed by atoms with van der Waals surface area (Å²) >= 11 is 4.58. The molecular formula is C15H23NS. The fourth-order valence-electron chi connectivity index (χ4n) is 2.95. The lowest BCUT2D eigenvalue weighted by Crippen LogP contribution is -2.35. The van der Waals surface area contributed by atoms with Gasteiger partial charge < -0.3 is 4.90 Å². The van der Waals surface area contributed by atoms with Crippen molar-refractivity contribution in [2.75, 3.05) is 24.2 Å². The Labute approximate surface area is 111 Å². The molecule has 0 radical (unpaired) electrons. The summed E-state index contributed by atoms with van der Waals surface area (Å²) in [6.07, 6.45) is 5.43. The largest absolute Gasteiger partial charge is 0.374 e. The predicted octanol–water partition coefficient (Wildman–Crippen LogP) is 3.92. The van der Waals surface area contributed by atoms with Crippen LogP contribution in [-0.4, -0.2) is 19.3 Å². The number of hydrogen-bond acceptors (Lipinski definition) is 2. The van der Waals surface area contributed by atoms with Crippen LogP contribution in [0.15, 0.2) is 24.3 Å². The number of rotatable bonds is 4. The highest BCUT2D eigenvalue weighted by Gasteiger charge is 2.33.